The Bertz CT molecular complexity index is 762. The highest BCUT2D eigenvalue weighted by Gasteiger charge is 2.24. The Morgan fingerprint density at radius 3 is 1.73 bits per heavy atom. The number of nitrogens with zero attached hydrogens (tertiary/aromatic N) is 2. The van der Waals surface area contributed by atoms with Crippen LogP contribution in [0.3, 0.4) is 0 Å². The van der Waals surface area contributed by atoms with Crippen molar-refractivity contribution in [3.05, 3.63) is 71.8 Å². The predicted octanol–water partition coefficient (Wildman–Crippen LogP) is 2.48. The maximum absolute atomic E-state index is 9.45. The first kappa shape index (κ1) is 14.9. The minimum Gasteiger partial charge on any atom is -0.479 e. The molecule has 1 aliphatic rings. The van der Waals surface area contributed by atoms with Crippen molar-refractivity contribution in [2.45, 2.75) is 19.1 Å². The molecular formula is C21H28N2O3. The van der Waals surface area contributed by atoms with E-state index >= 15 is 0 Å². The van der Waals surface area contributed by atoms with Crippen LogP contribution in [-0.2, 0) is 4.79 Å². The minimum absolute atomic E-state index is 0.169. The van der Waals surface area contributed by atoms with Crippen LogP contribution in [0.5, 0.6) is 0 Å². The fourth-order valence-electron chi connectivity index (χ4n) is 2.45. The fraction of sp³-hybridized carbons (Fsp3) is 0.381. The Balaban J connectivity index is 0.000000469. The molecule has 2 aromatic carbocycles. The van der Waals surface area contributed by atoms with Crippen LogP contribution in [-0.4, -0.2) is 65.2 Å². The van der Waals surface area contributed by atoms with Gasteiger partial charge in [-0.05, 0) is 25.1 Å². The summed E-state index contributed by atoms with van der Waals surface area (Å²) in [7, 11) is 1.76. The standard InChI is InChI=1S/C18H22N2.C3H6O3/c1-19-12-14-20(15-13-19)18(16-8-4-2-5-9-16)17-10-6-3-7-11-17;1-2(4)3(5)6/h2-11,18H,12-15H2,1H3;2,4H,1H3,(H,5,6)/i14D2,15D2;. The zero-order valence-electron chi connectivity index (χ0n) is 19.0. The smallest absolute Gasteiger partial charge is 0.332 e. The van der Waals surface area contributed by atoms with E-state index in [0.717, 1.165) is 11.1 Å². The van der Waals surface area contributed by atoms with Gasteiger partial charge >= 0.3 is 5.97 Å². The summed E-state index contributed by atoms with van der Waals surface area (Å²) in [6.07, 6.45) is -1.23. The number of aliphatic hydroxyl groups excluding tert-OH is 1. The van der Waals surface area contributed by atoms with E-state index < -0.39 is 31.1 Å². The van der Waals surface area contributed by atoms with Crippen molar-refractivity contribution >= 4 is 5.97 Å². The molecule has 1 unspecified atom stereocenters. The number of rotatable bonds is 4. The summed E-state index contributed by atoms with van der Waals surface area (Å²) >= 11 is 0. The average Bonchev–Trinajstić information content (AvgIpc) is 2.65. The van der Waals surface area contributed by atoms with E-state index in [-0.39, 0.29) is 13.1 Å². The Morgan fingerprint density at radius 2 is 1.38 bits per heavy atom. The Labute approximate surface area is 161 Å². The van der Waals surface area contributed by atoms with E-state index in [1.807, 2.05) is 60.7 Å². The molecule has 26 heavy (non-hydrogen) atoms. The highest BCUT2D eigenvalue weighted by atomic mass is 16.4. The largest absolute Gasteiger partial charge is 0.479 e. The number of carbonyl (C=O) groups is 1. The van der Waals surface area contributed by atoms with Gasteiger partial charge in [0, 0.05) is 31.6 Å². The van der Waals surface area contributed by atoms with Crippen LogP contribution in [0, 0.1) is 0 Å². The minimum atomic E-state index is -1.78. The second-order valence-electron chi connectivity index (χ2n) is 6.10. The van der Waals surface area contributed by atoms with Gasteiger partial charge in [-0.15, -0.1) is 0 Å². The van der Waals surface area contributed by atoms with Crippen molar-refractivity contribution in [3.63, 3.8) is 0 Å². The third-order valence-electron chi connectivity index (χ3n) is 3.87. The molecule has 140 valence electrons. The molecule has 3 rings (SSSR count). The van der Waals surface area contributed by atoms with Crippen LogP contribution >= 0.6 is 0 Å². The zero-order chi connectivity index (χ0) is 22.5. The lowest BCUT2D eigenvalue weighted by Crippen LogP contribution is -2.46. The first-order valence-electron chi connectivity index (χ1n) is 10.4. The van der Waals surface area contributed by atoms with Crippen LogP contribution < -0.4 is 0 Å². The summed E-state index contributed by atoms with van der Waals surface area (Å²) < 4.78 is 34.0. The van der Waals surface area contributed by atoms with Crippen LogP contribution in [0.25, 0.3) is 0 Å². The quantitative estimate of drug-likeness (QED) is 0.877. The molecule has 2 N–H and O–H groups in total. The van der Waals surface area contributed by atoms with Crippen LogP contribution in [0.2, 0.25) is 0 Å². The van der Waals surface area contributed by atoms with E-state index in [9.17, 15) is 4.79 Å². The lowest BCUT2D eigenvalue weighted by molar-refractivity contribution is -0.145. The number of benzene rings is 2. The van der Waals surface area contributed by atoms with Gasteiger partial charge in [0.1, 0.15) is 6.10 Å². The highest BCUT2D eigenvalue weighted by Crippen LogP contribution is 2.29. The fourth-order valence-corrected chi connectivity index (χ4v) is 2.45. The lowest BCUT2D eigenvalue weighted by atomic mass is 9.96. The monoisotopic (exact) mass is 360 g/mol. The Kier molecular flexibility index (Phi) is 5.77. The van der Waals surface area contributed by atoms with Crippen molar-refractivity contribution < 1.29 is 20.5 Å². The maximum Gasteiger partial charge on any atom is 0.332 e. The molecule has 0 aliphatic carbocycles. The molecule has 0 aromatic heterocycles. The molecule has 0 amide bonds. The summed E-state index contributed by atoms with van der Waals surface area (Å²) in [6, 6.07) is 18.7. The Hall–Kier alpha value is -2.21. The second kappa shape index (κ2) is 10.1. The molecule has 1 heterocycles. The summed E-state index contributed by atoms with van der Waals surface area (Å²) in [4.78, 5) is 12.6. The molecule has 1 fully saturated rings. The van der Waals surface area contributed by atoms with E-state index in [0.29, 0.717) is 0 Å². The van der Waals surface area contributed by atoms with E-state index in [4.69, 9.17) is 15.7 Å². The van der Waals surface area contributed by atoms with E-state index in [1.54, 1.807) is 11.9 Å². The topological polar surface area (TPSA) is 64.0 Å². The number of aliphatic carboxylic acids is 1. The molecule has 1 aliphatic heterocycles. The van der Waals surface area contributed by atoms with E-state index in [2.05, 4.69) is 0 Å². The molecule has 5 nitrogen and oxygen atoms in total. The van der Waals surface area contributed by atoms with Gasteiger partial charge in [-0.3, -0.25) is 4.90 Å². The van der Waals surface area contributed by atoms with Gasteiger partial charge in [0.2, 0.25) is 0 Å². The molecular weight excluding hydrogens is 328 g/mol. The third-order valence-corrected chi connectivity index (χ3v) is 3.87. The first-order valence-corrected chi connectivity index (χ1v) is 8.44. The van der Waals surface area contributed by atoms with Gasteiger partial charge in [-0.25, -0.2) is 4.79 Å². The average molecular weight is 360 g/mol. The lowest BCUT2D eigenvalue weighted by Gasteiger charge is -2.38. The zero-order valence-corrected chi connectivity index (χ0v) is 15.0. The van der Waals surface area contributed by atoms with Crippen molar-refractivity contribution in [1.82, 2.24) is 9.80 Å². The van der Waals surface area contributed by atoms with Gasteiger partial charge in [-0.1, -0.05) is 60.7 Å². The number of hydrogen-bond donors (Lipinski definition) is 2. The van der Waals surface area contributed by atoms with Crippen molar-refractivity contribution in [2.75, 3.05) is 33.1 Å². The van der Waals surface area contributed by atoms with Crippen molar-refractivity contribution in [1.29, 1.82) is 0 Å². The molecule has 0 radical (unpaired) electrons. The van der Waals surface area contributed by atoms with Crippen LogP contribution in [0.15, 0.2) is 60.7 Å². The van der Waals surface area contributed by atoms with E-state index in [1.165, 1.54) is 11.8 Å². The molecule has 0 bridgehead atoms. The van der Waals surface area contributed by atoms with Gasteiger partial charge in [0.15, 0.2) is 0 Å². The Morgan fingerprint density at radius 1 is 1.00 bits per heavy atom. The summed E-state index contributed by atoms with van der Waals surface area (Å²) in [5.74, 6) is -1.19. The van der Waals surface area contributed by atoms with Crippen LogP contribution in [0.1, 0.15) is 29.6 Å². The van der Waals surface area contributed by atoms with Gasteiger partial charge in [0.25, 0.3) is 0 Å². The number of carboxylic acid groups (broad SMARTS) is 1. The van der Waals surface area contributed by atoms with Gasteiger partial charge < -0.3 is 15.1 Å². The molecule has 0 spiro atoms. The predicted molar refractivity (Wildman–Crippen MR) is 103 cm³/mol. The SMILES string of the molecule is CC(O)C(=O)O.[2H]C1([2H])CN(C)CC([2H])([2H])N1C(c1ccccc1)c1ccccc1. The molecule has 2 aromatic rings. The molecule has 0 saturated carbocycles. The van der Waals surface area contributed by atoms with Crippen molar-refractivity contribution in [2.24, 2.45) is 0 Å². The first-order chi connectivity index (χ1) is 14.0. The van der Waals surface area contributed by atoms with Gasteiger partial charge in [-0.2, -0.15) is 0 Å². The number of piperazine rings is 1. The number of likely N-dealkylation sites (N-methyl/N-ethyl adjacent to an activating group) is 1. The molecule has 1 atom stereocenters. The normalized spacial score (nSPS) is 22.8. The summed E-state index contributed by atoms with van der Waals surface area (Å²) in [5, 5.41) is 15.8. The molecule has 5 heteroatoms. The number of hydrogen-bond acceptors (Lipinski definition) is 4. The number of aliphatic hydroxyl groups is 1. The summed E-state index contributed by atoms with van der Waals surface area (Å²) in [6.45, 7) is -2.03. The number of carboxylic acids is 1. The second-order valence-corrected chi connectivity index (χ2v) is 6.10. The highest BCUT2D eigenvalue weighted by molar-refractivity contribution is 5.71. The van der Waals surface area contributed by atoms with Crippen molar-refractivity contribution in [3.8, 4) is 0 Å². The van der Waals surface area contributed by atoms with Crippen LogP contribution in [0.4, 0.5) is 0 Å². The third kappa shape index (κ3) is 5.95. The van der Waals surface area contributed by atoms with Gasteiger partial charge in [0.05, 0.1) is 6.04 Å². The maximum atomic E-state index is 9.45. The summed E-state index contributed by atoms with van der Waals surface area (Å²) in [5.41, 5.74) is 1.78. The molecule has 1 saturated heterocycles.